The molecule has 2 atom stereocenters. The Morgan fingerprint density at radius 3 is 2.92 bits per heavy atom. The van der Waals surface area contributed by atoms with Crippen LogP contribution in [0.25, 0.3) is 0 Å². The number of hydrogen-bond acceptors (Lipinski definition) is 3. The predicted octanol–water partition coefficient (Wildman–Crippen LogP) is 0.968. The van der Waals surface area contributed by atoms with Gasteiger partial charge in [-0.1, -0.05) is 12.8 Å². The van der Waals surface area contributed by atoms with Crippen LogP contribution in [-0.2, 0) is 0 Å². The van der Waals surface area contributed by atoms with E-state index >= 15 is 0 Å². The first-order valence-electron chi connectivity index (χ1n) is 4.96. The van der Waals surface area contributed by atoms with Crippen molar-refractivity contribution < 1.29 is 0 Å². The minimum absolute atomic E-state index is 0.487. The van der Waals surface area contributed by atoms with Gasteiger partial charge in [-0.2, -0.15) is 5.10 Å². The van der Waals surface area contributed by atoms with Gasteiger partial charge in [0.25, 0.3) is 0 Å². The van der Waals surface area contributed by atoms with E-state index in [4.69, 9.17) is 5.73 Å². The summed E-state index contributed by atoms with van der Waals surface area (Å²) in [6.07, 6.45) is 8.45. The molecule has 1 heterocycles. The molecule has 4 nitrogen and oxygen atoms in total. The first-order chi connectivity index (χ1) is 6.42. The highest BCUT2D eigenvalue weighted by molar-refractivity contribution is 4.80. The molecule has 2 N–H and O–H groups in total. The Hall–Kier alpha value is -0.900. The number of nitrogens with two attached hydrogens (primary N) is 1. The van der Waals surface area contributed by atoms with Crippen LogP contribution in [0.1, 0.15) is 31.7 Å². The summed E-state index contributed by atoms with van der Waals surface area (Å²) in [4.78, 5) is 3.98. The molecular weight excluding hydrogens is 164 g/mol. The second-order valence-electron chi connectivity index (χ2n) is 3.72. The lowest BCUT2D eigenvalue weighted by Crippen LogP contribution is -2.29. The highest BCUT2D eigenvalue weighted by Gasteiger charge is 2.25. The summed E-state index contributed by atoms with van der Waals surface area (Å²) in [5.74, 6) is 0.593. The van der Waals surface area contributed by atoms with Crippen molar-refractivity contribution in [1.82, 2.24) is 14.8 Å². The number of rotatable bonds is 2. The highest BCUT2D eigenvalue weighted by Crippen LogP contribution is 2.32. The van der Waals surface area contributed by atoms with E-state index in [-0.39, 0.29) is 0 Å². The lowest BCUT2D eigenvalue weighted by atomic mass is 9.85. The highest BCUT2D eigenvalue weighted by atomic mass is 15.3. The fourth-order valence-electron chi connectivity index (χ4n) is 2.20. The van der Waals surface area contributed by atoms with Crippen molar-refractivity contribution in [3.05, 3.63) is 12.7 Å². The van der Waals surface area contributed by atoms with Gasteiger partial charge in [-0.15, -0.1) is 0 Å². The maximum Gasteiger partial charge on any atom is 0.137 e. The number of nitrogens with zero attached hydrogens (tertiary/aromatic N) is 3. The number of aromatic nitrogens is 3. The zero-order valence-corrected chi connectivity index (χ0v) is 7.76. The van der Waals surface area contributed by atoms with Crippen LogP contribution in [0.2, 0.25) is 0 Å². The van der Waals surface area contributed by atoms with Crippen LogP contribution >= 0.6 is 0 Å². The van der Waals surface area contributed by atoms with Gasteiger partial charge in [0.15, 0.2) is 0 Å². The van der Waals surface area contributed by atoms with Crippen molar-refractivity contribution in [1.29, 1.82) is 0 Å². The van der Waals surface area contributed by atoms with Crippen molar-refractivity contribution in [2.24, 2.45) is 11.7 Å². The van der Waals surface area contributed by atoms with Crippen LogP contribution in [0.4, 0.5) is 0 Å². The average Bonchev–Trinajstić information content (AvgIpc) is 2.70. The Bertz CT molecular complexity index is 244. The van der Waals surface area contributed by atoms with E-state index in [2.05, 4.69) is 10.1 Å². The maximum absolute atomic E-state index is 5.74. The van der Waals surface area contributed by atoms with Crippen LogP contribution in [0.15, 0.2) is 12.7 Å². The molecular formula is C9H16N4. The molecule has 0 aromatic carbocycles. The van der Waals surface area contributed by atoms with Crippen molar-refractivity contribution in [3.63, 3.8) is 0 Å². The van der Waals surface area contributed by atoms with E-state index in [1.165, 1.54) is 25.7 Å². The molecule has 0 amide bonds. The van der Waals surface area contributed by atoms with Crippen LogP contribution < -0.4 is 5.73 Å². The van der Waals surface area contributed by atoms with E-state index in [0.717, 1.165) is 6.54 Å². The van der Waals surface area contributed by atoms with E-state index in [0.29, 0.717) is 12.0 Å². The molecule has 0 radical (unpaired) electrons. The molecule has 1 aromatic rings. The molecule has 0 bridgehead atoms. The molecule has 1 aliphatic carbocycles. The lowest BCUT2D eigenvalue weighted by Gasteiger charge is -2.30. The standard InChI is InChI=1S/C9H16N4/c10-5-8-3-1-2-4-9(8)13-7-11-6-12-13/h6-9H,1-5,10H2. The fourth-order valence-corrected chi connectivity index (χ4v) is 2.20. The van der Waals surface area contributed by atoms with Gasteiger partial charge in [0.2, 0.25) is 0 Å². The molecule has 72 valence electrons. The molecule has 0 aliphatic heterocycles. The van der Waals surface area contributed by atoms with E-state index < -0.39 is 0 Å². The maximum atomic E-state index is 5.74. The Balaban J connectivity index is 2.11. The molecule has 1 aliphatic rings. The van der Waals surface area contributed by atoms with Crippen molar-refractivity contribution in [2.45, 2.75) is 31.7 Å². The second-order valence-corrected chi connectivity index (χ2v) is 3.72. The van der Waals surface area contributed by atoms with Crippen LogP contribution in [0.3, 0.4) is 0 Å². The average molecular weight is 180 g/mol. The molecule has 13 heavy (non-hydrogen) atoms. The summed E-state index contributed by atoms with van der Waals surface area (Å²) >= 11 is 0. The molecule has 0 saturated heterocycles. The summed E-state index contributed by atoms with van der Waals surface area (Å²) in [5, 5.41) is 4.19. The second kappa shape index (κ2) is 3.87. The van der Waals surface area contributed by atoms with Crippen LogP contribution in [-0.4, -0.2) is 21.3 Å². The SMILES string of the molecule is NCC1CCCCC1n1cncn1. The summed E-state index contributed by atoms with van der Waals surface area (Å²) in [6, 6.07) is 0.487. The Morgan fingerprint density at radius 1 is 1.38 bits per heavy atom. The first-order valence-corrected chi connectivity index (χ1v) is 4.96. The monoisotopic (exact) mass is 180 g/mol. The van der Waals surface area contributed by atoms with Gasteiger partial charge in [0.1, 0.15) is 12.7 Å². The molecule has 1 aromatic heterocycles. The van der Waals surface area contributed by atoms with Crippen molar-refractivity contribution in [2.75, 3.05) is 6.54 Å². The van der Waals surface area contributed by atoms with Crippen molar-refractivity contribution >= 4 is 0 Å². The molecule has 1 saturated carbocycles. The summed E-state index contributed by atoms with van der Waals surface area (Å²) in [6.45, 7) is 0.768. The predicted molar refractivity (Wildman–Crippen MR) is 50.1 cm³/mol. The Morgan fingerprint density at radius 2 is 2.23 bits per heavy atom. The van der Waals surface area contributed by atoms with Crippen LogP contribution in [0, 0.1) is 5.92 Å². The molecule has 2 rings (SSSR count). The summed E-state index contributed by atoms with van der Waals surface area (Å²) < 4.78 is 1.97. The quantitative estimate of drug-likeness (QED) is 0.737. The van der Waals surface area contributed by atoms with E-state index in [1.54, 1.807) is 12.7 Å². The summed E-state index contributed by atoms with van der Waals surface area (Å²) in [7, 11) is 0. The van der Waals surface area contributed by atoms with Gasteiger partial charge in [-0.3, -0.25) is 0 Å². The third-order valence-electron chi connectivity index (χ3n) is 2.95. The van der Waals surface area contributed by atoms with Gasteiger partial charge >= 0.3 is 0 Å². The zero-order chi connectivity index (χ0) is 9.10. The molecule has 0 spiro atoms. The van der Waals surface area contributed by atoms with Crippen molar-refractivity contribution in [3.8, 4) is 0 Å². The normalized spacial score (nSPS) is 29.0. The van der Waals surface area contributed by atoms with Gasteiger partial charge in [0, 0.05) is 0 Å². The third kappa shape index (κ3) is 1.72. The topological polar surface area (TPSA) is 56.7 Å². The fraction of sp³-hybridized carbons (Fsp3) is 0.778. The van der Waals surface area contributed by atoms with Gasteiger partial charge in [-0.25, -0.2) is 9.67 Å². The first kappa shape index (κ1) is 8.69. The minimum atomic E-state index is 0.487. The Labute approximate surface area is 78.1 Å². The van der Waals surface area contributed by atoms with E-state index in [1.807, 2.05) is 4.68 Å². The number of hydrogen-bond donors (Lipinski definition) is 1. The summed E-state index contributed by atoms with van der Waals surface area (Å²) in [5.41, 5.74) is 5.74. The Kier molecular flexibility index (Phi) is 2.59. The largest absolute Gasteiger partial charge is 0.330 e. The molecule has 4 heteroatoms. The van der Waals surface area contributed by atoms with Crippen LogP contribution in [0.5, 0.6) is 0 Å². The van der Waals surface area contributed by atoms with Gasteiger partial charge in [-0.05, 0) is 25.3 Å². The zero-order valence-electron chi connectivity index (χ0n) is 7.76. The van der Waals surface area contributed by atoms with Gasteiger partial charge in [0.05, 0.1) is 6.04 Å². The van der Waals surface area contributed by atoms with E-state index in [9.17, 15) is 0 Å². The molecule has 2 unspecified atom stereocenters. The van der Waals surface area contributed by atoms with Gasteiger partial charge < -0.3 is 5.73 Å². The lowest BCUT2D eigenvalue weighted by molar-refractivity contribution is 0.228. The third-order valence-corrected chi connectivity index (χ3v) is 2.95. The smallest absolute Gasteiger partial charge is 0.137 e. The molecule has 1 fully saturated rings. The minimum Gasteiger partial charge on any atom is -0.330 e.